The van der Waals surface area contributed by atoms with Crippen LogP contribution in [0.15, 0.2) is 0 Å². The molecule has 0 saturated carbocycles. The van der Waals surface area contributed by atoms with Gasteiger partial charge in [0.25, 0.3) is 17.6 Å². The first-order chi connectivity index (χ1) is 8.79. The van der Waals surface area contributed by atoms with E-state index in [1.165, 1.54) is 0 Å². The Hall–Kier alpha value is -0.540. The second-order valence-corrected chi connectivity index (χ2v) is 4.39. The fourth-order valence-corrected chi connectivity index (χ4v) is 1.71. The Morgan fingerprint density at radius 3 is 1.89 bits per heavy atom. The van der Waals surface area contributed by atoms with E-state index >= 15 is 0 Å². The van der Waals surface area contributed by atoms with Gasteiger partial charge in [-0.05, 0) is 13.5 Å². The van der Waals surface area contributed by atoms with Crippen LogP contribution < -0.4 is 16.0 Å². The Kier molecular flexibility index (Phi) is 7.68. The maximum atomic E-state index is 14.2. The predicted octanol–water partition coefficient (Wildman–Crippen LogP) is 0.0394. The molecule has 0 aromatic rings. The fraction of sp³-hybridized carbons (Fsp3) is 0.800. The Bertz CT molecular complexity index is 336. The van der Waals surface area contributed by atoms with E-state index in [1.54, 1.807) is 19.2 Å². The van der Waals surface area contributed by atoms with E-state index in [0.717, 1.165) is 0 Å². The van der Waals surface area contributed by atoms with E-state index in [-0.39, 0.29) is 13.1 Å². The average Bonchev–Trinajstić information content (AvgIpc) is 2.38. The van der Waals surface area contributed by atoms with E-state index in [2.05, 4.69) is 35.9 Å². The second-order valence-electron chi connectivity index (χ2n) is 3.76. The summed E-state index contributed by atoms with van der Waals surface area (Å²) in [6, 6.07) is 0. The van der Waals surface area contributed by atoms with Gasteiger partial charge >= 0.3 is 0 Å². The van der Waals surface area contributed by atoms with E-state index in [0.29, 0.717) is 0 Å². The number of hydrogen-bond donors (Lipinski definition) is 5. The van der Waals surface area contributed by atoms with Gasteiger partial charge in [0.15, 0.2) is 0 Å². The summed E-state index contributed by atoms with van der Waals surface area (Å²) in [7, 11) is 0. The van der Waals surface area contributed by atoms with Crippen LogP contribution in [0.4, 0.5) is 8.78 Å². The molecule has 2 atom stereocenters. The van der Waals surface area contributed by atoms with Crippen molar-refractivity contribution in [3.8, 4) is 0 Å². The first-order valence-electron chi connectivity index (χ1n) is 5.75. The van der Waals surface area contributed by atoms with Crippen molar-refractivity contribution >= 4 is 37.1 Å². The monoisotopic (exact) mass is 315 g/mol. The molecule has 0 unspecified atom stereocenters. The Balaban J connectivity index is 4.96. The Morgan fingerprint density at radius 1 is 1.00 bits per heavy atom. The van der Waals surface area contributed by atoms with E-state index in [4.69, 9.17) is 0 Å². The third kappa shape index (κ3) is 4.81. The highest BCUT2D eigenvalue weighted by molar-refractivity contribution is 7.80. The molecule has 0 rings (SSSR count). The van der Waals surface area contributed by atoms with Gasteiger partial charge in [-0.2, -0.15) is 25.3 Å². The van der Waals surface area contributed by atoms with Crippen LogP contribution in [0.5, 0.6) is 0 Å². The molecule has 0 aliphatic rings. The van der Waals surface area contributed by atoms with Crippen LogP contribution in [0.25, 0.3) is 0 Å². The SMILES string of the molecule is CCNC(=O)[C@@](F)(CS)NC(=O)[C@](F)(CS)NCC. The highest BCUT2D eigenvalue weighted by atomic mass is 32.1. The van der Waals surface area contributed by atoms with Crippen LogP contribution in [0, 0.1) is 0 Å². The van der Waals surface area contributed by atoms with Crippen molar-refractivity contribution in [3.63, 3.8) is 0 Å². The number of rotatable bonds is 8. The Morgan fingerprint density at radius 2 is 1.53 bits per heavy atom. The van der Waals surface area contributed by atoms with Crippen molar-refractivity contribution < 1.29 is 18.4 Å². The van der Waals surface area contributed by atoms with Crippen molar-refractivity contribution in [1.82, 2.24) is 16.0 Å². The molecule has 0 spiro atoms. The smallest absolute Gasteiger partial charge is 0.279 e. The topological polar surface area (TPSA) is 70.2 Å². The second kappa shape index (κ2) is 7.91. The minimum Gasteiger partial charge on any atom is -0.352 e. The molecule has 0 bridgehead atoms. The number of nitrogens with one attached hydrogen (secondary N) is 3. The highest BCUT2D eigenvalue weighted by Crippen LogP contribution is 2.15. The average molecular weight is 315 g/mol. The third-order valence-corrected chi connectivity index (χ3v) is 3.13. The molecule has 3 N–H and O–H groups in total. The summed E-state index contributed by atoms with van der Waals surface area (Å²) in [6.45, 7) is 3.49. The zero-order chi connectivity index (χ0) is 15.1. The summed E-state index contributed by atoms with van der Waals surface area (Å²) in [5, 5.41) is 6.18. The molecule has 5 nitrogen and oxygen atoms in total. The summed E-state index contributed by atoms with van der Waals surface area (Å²) >= 11 is 7.38. The van der Waals surface area contributed by atoms with E-state index in [1.807, 2.05) is 0 Å². The normalized spacial score (nSPS) is 17.2. The van der Waals surface area contributed by atoms with Crippen LogP contribution in [0.1, 0.15) is 13.8 Å². The zero-order valence-electron chi connectivity index (χ0n) is 10.8. The first kappa shape index (κ1) is 18.5. The standard InChI is InChI=1S/C10H19F2N3O2S2/c1-3-13-7(16)10(12,6-19)15-8(17)9(11,5-18)14-4-2/h14,18-19H,3-6H2,1-2H3,(H,13,16)(H,15,17)/t9-,10+/m0/s1. The summed E-state index contributed by atoms with van der Waals surface area (Å²) in [5.74, 6) is -8.80. The molecule has 0 saturated heterocycles. The lowest BCUT2D eigenvalue weighted by molar-refractivity contribution is -0.145. The number of hydrogen-bond acceptors (Lipinski definition) is 5. The summed E-state index contributed by atoms with van der Waals surface area (Å²) < 4.78 is 28.3. The molecule has 0 radical (unpaired) electrons. The van der Waals surface area contributed by atoms with Gasteiger partial charge in [0.2, 0.25) is 5.79 Å². The molecule has 0 heterocycles. The third-order valence-electron chi connectivity index (χ3n) is 2.26. The largest absolute Gasteiger partial charge is 0.352 e. The van der Waals surface area contributed by atoms with Gasteiger partial charge in [-0.15, -0.1) is 0 Å². The predicted molar refractivity (Wildman–Crippen MR) is 75.9 cm³/mol. The van der Waals surface area contributed by atoms with Crippen molar-refractivity contribution in [2.45, 2.75) is 25.4 Å². The quantitative estimate of drug-likeness (QED) is 0.324. The van der Waals surface area contributed by atoms with Gasteiger partial charge in [-0.3, -0.25) is 14.9 Å². The van der Waals surface area contributed by atoms with Crippen molar-refractivity contribution in [2.24, 2.45) is 0 Å². The van der Waals surface area contributed by atoms with Gasteiger partial charge in [0.1, 0.15) is 0 Å². The number of thiol groups is 2. The van der Waals surface area contributed by atoms with Crippen LogP contribution >= 0.6 is 25.3 Å². The molecule has 2 amide bonds. The molecule has 0 aromatic carbocycles. The number of carbonyl (C=O) groups is 2. The number of carbonyl (C=O) groups excluding carboxylic acids is 2. The maximum absolute atomic E-state index is 14.2. The first-order valence-corrected chi connectivity index (χ1v) is 7.01. The fourth-order valence-electron chi connectivity index (χ4n) is 1.24. The molecular weight excluding hydrogens is 296 g/mol. The van der Waals surface area contributed by atoms with E-state index < -0.39 is 34.9 Å². The molecular formula is C10H19F2N3O2S2. The summed E-state index contributed by atoms with van der Waals surface area (Å²) in [6.07, 6.45) is 0. The molecule has 9 heteroatoms. The van der Waals surface area contributed by atoms with Crippen LogP contribution in [0.3, 0.4) is 0 Å². The maximum Gasteiger partial charge on any atom is 0.279 e. The molecule has 0 aliphatic carbocycles. The lowest BCUT2D eigenvalue weighted by atomic mass is 10.2. The van der Waals surface area contributed by atoms with Gasteiger partial charge < -0.3 is 10.6 Å². The Labute approximate surface area is 122 Å². The number of halogens is 2. The molecule has 0 aromatic heterocycles. The molecule has 0 aliphatic heterocycles. The van der Waals surface area contributed by atoms with Crippen molar-refractivity contribution in [2.75, 3.05) is 24.6 Å². The van der Waals surface area contributed by atoms with Crippen molar-refractivity contribution in [3.05, 3.63) is 0 Å². The number of likely N-dealkylation sites (N-methyl/N-ethyl adjacent to an activating group) is 2. The van der Waals surface area contributed by atoms with E-state index in [9.17, 15) is 18.4 Å². The lowest BCUT2D eigenvalue weighted by Gasteiger charge is -2.29. The number of amides is 2. The van der Waals surface area contributed by atoms with Gasteiger partial charge in [-0.1, -0.05) is 6.92 Å². The molecule has 0 fully saturated rings. The minimum absolute atomic E-state index is 0.145. The van der Waals surface area contributed by atoms with Gasteiger partial charge in [-0.25, -0.2) is 8.78 Å². The summed E-state index contributed by atoms with van der Waals surface area (Å²) in [4.78, 5) is 23.2. The highest BCUT2D eigenvalue weighted by Gasteiger charge is 2.45. The minimum atomic E-state index is -2.77. The number of alkyl halides is 2. The molecule has 112 valence electrons. The van der Waals surface area contributed by atoms with Crippen LogP contribution in [0.2, 0.25) is 0 Å². The zero-order valence-corrected chi connectivity index (χ0v) is 12.6. The lowest BCUT2D eigenvalue weighted by Crippen LogP contribution is -2.64. The molecule has 19 heavy (non-hydrogen) atoms. The van der Waals surface area contributed by atoms with Gasteiger partial charge in [0.05, 0.1) is 5.75 Å². The van der Waals surface area contributed by atoms with Crippen molar-refractivity contribution in [1.29, 1.82) is 0 Å². The van der Waals surface area contributed by atoms with Crippen LogP contribution in [-0.2, 0) is 9.59 Å². The summed E-state index contributed by atoms with van der Waals surface area (Å²) in [5.41, 5.74) is 0. The van der Waals surface area contributed by atoms with Crippen LogP contribution in [-0.4, -0.2) is 48.0 Å². The van der Waals surface area contributed by atoms with Gasteiger partial charge in [0, 0.05) is 12.3 Å².